The fraction of sp³-hybridized carbons (Fsp3) is 0.263. The van der Waals surface area contributed by atoms with Crippen molar-refractivity contribution in [2.45, 2.75) is 33.4 Å². The average Bonchev–Trinajstić information content (AvgIpc) is 2.91. The summed E-state index contributed by atoms with van der Waals surface area (Å²) in [5.41, 5.74) is 2.68. The second kappa shape index (κ2) is 7.11. The van der Waals surface area contributed by atoms with Crippen LogP contribution in [0.5, 0.6) is 5.75 Å². The van der Waals surface area contributed by atoms with Crippen LogP contribution >= 0.6 is 11.3 Å². The van der Waals surface area contributed by atoms with Crippen LogP contribution in [0.1, 0.15) is 19.4 Å². The van der Waals surface area contributed by atoms with E-state index in [4.69, 9.17) is 4.74 Å². The minimum absolute atomic E-state index is 0.0112. The SMILES string of the molecule is CCn1c(=O)sc2cc(NC(=O)C(C)Oc3ccc(C)cc3)ccc21. The predicted octanol–water partition coefficient (Wildman–Crippen LogP) is 3.80. The molecule has 3 rings (SSSR count). The average molecular weight is 356 g/mol. The molecule has 5 nitrogen and oxygen atoms in total. The van der Waals surface area contributed by atoms with Crippen LogP contribution in [0, 0.1) is 6.92 Å². The summed E-state index contributed by atoms with van der Waals surface area (Å²) < 4.78 is 8.24. The number of rotatable bonds is 5. The van der Waals surface area contributed by atoms with Crippen molar-refractivity contribution in [1.82, 2.24) is 4.57 Å². The molecule has 1 heterocycles. The summed E-state index contributed by atoms with van der Waals surface area (Å²) in [6.45, 7) is 6.27. The summed E-state index contributed by atoms with van der Waals surface area (Å²) in [6, 6.07) is 13.0. The highest BCUT2D eigenvalue weighted by molar-refractivity contribution is 7.16. The maximum absolute atomic E-state index is 12.3. The molecule has 1 unspecified atom stereocenters. The van der Waals surface area contributed by atoms with Crippen molar-refractivity contribution in [1.29, 1.82) is 0 Å². The molecule has 1 amide bonds. The lowest BCUT2D eigenvalue weighted by Crippen LogP contribution is -2.30. The highest BCUT2D eigenvalue weighted by Crippen LogP contribution is 2.22. The monoisotopic (exact) mass is 356 g/mol. The Bertz CT molecular complexity index is 957. The molecular weight excluding hydrogens is 336 g/mol. The first-order chi connectivity index (χ1) is 12.0. The zero-order valence-corrected chi connectivity index (χ0v) is 15.2. The Morgan fingerprint density at radius 2 is 1.96 bits per heavy atom. The molecular formula is C19H20N2O3S. The predicted molar refractivity (Wildman–Crippen MR) is 102 cm³/mol. The van der Waals surface area contributed by atoms with Gasteiger partial charge in [-0.25, -0.2) is 0 Å². The van der Waals surface area contributed by atoms with E-state index in [9.17, 15) is 9.59 Å². The Balaban J connectivity index is 1.72. The maximum atomic E-state index is 12.3. The lowest BCUT2D eigenvalue weighted by molar-refractivity contribution is -0.122. The maximum Gasteiger partial charge on any atom is 0.308 e. The second-order valence-corrected chi connectivity index (χ2v) is 6.85. The zero-order valence-electron chi connectivity index (χ0n) is 14.4. The normalized spacial score (nSPS) is 12.1. The standard InChI is InChI=1S/C19H20N2O3S/c1-4-21-16-10-7-14(11-17(16)25-19(21)23)20-18(22)13(3)24-15-8-5-12(2)6-9-15/h5-11,13H,4H2,1-3H3,(H,20,22). The summed E-state index contributed by atoms with van der Waals surface area (Å²) in [5, 5.41) is 2.84. The second-order valence-electron chi connectivity index (χ2n) is 5.86. The van der Waals surface area contributed by atoms with Gasteiger partial charge in [-0.3, -0.25) is 14.2 Å². The summed E-state index contributed by atoms with van der Waals surface area (Å²) >= 11 is 1.18. The summed E-state index contributed by atoms with van der Waals surface area (Å²) in [4.78, 5) is 24.3. The van der Waals surface area contributed by atoms with Crippen molar-refractivity contribution >= 4 is 33.1 Å². The molecule has 1 atom stereocenters. The lowest BCUT2D eigenvalue weighted by atomic mass is 10.2. The fourth-order valence-corrected chi connectivity index (χ4v) is 3.56. The molecule has 0 radical (unpaired) electrons. The molecule has 130 valence electrons. The van der Waals surface area contributed by atoms with Gasteiger partial charge in [0.2, 0.25) is 0 Å². The number of aryl methyl sites for hydroxylation is 2. The Labute approximate surface area is 149 Å². The fourth-order valence-electron chi connectivity index (χ4n) is 2.56. The van der Waals surface area contributed by atoms with Gasteiger partial charge >= 0.3 is 4.87 Å². The van der Waals surface area contributed by atoms with Crippen LogP contribution in [0.25, 0.3) is 10.2 Å². The molecule has 0 saturated heterocycles. The highest BCUT2D eigenvalue weighted by atomic mass is 32.1. The van der Waals surface area contributed by atoms with Crippen molar-refractivity contribution < 1.29 is 9.53 Å². The quantitative estimate of drug-likeness (QED) is 0.756. The molecule has 1 aromatic heterocycles. The highest BCUT2D eigenvalue weighted by Gasteiger charge is 2.15. The van der Waals surface area contributed by atoms with E-state index in [-0.39, 0.29) is 10.8 Å². The summed E-state index contributed by atoms with van der Waals surface area (Å²) in [5.74, 6) is 0.420. The Kier molecular flexibility index (Phi) is 4.90. The molecule has 0 aliphatic rings. The topological polar surface area (TPSA) is 60.3 Å². The van der Waals surface area contributed by atoms with Gasteiger partial charge in [0.1, 0.15) is 5.75 Å². The molecule has 25 heavy (non-hydrogen) atoms. The van der Waals surface area contributed by atoms with Gasteiger partial charge in [0.05, 0.1) is 10.2 Å². The molecule has 0 aliphatic heterocycles. The van der Waals surface area contributed by atoms with Gasteiger partial charge in [0, 0.05) is 12.2 Å². The lowest BCUT2D eigenvalue weighted by Gasteiger charge is -2.15. The van der Waals surface area contributed by atoms with Crippen molar-refractivity contribution in [2.75, 3.05) is 5.32 Å². The molecule has 3 aromatic rings. The van der Waals surface area contributed by atoms with E-state index in [1.165, 1.54) is 11.3 Å². The van der Waals surface area contributed by atoms with Crippen LogP contribution in [-0.2, 0) is 11.3 Å². The van der Waals surface area contributed by atoms with Crippen LogP contribution in [0.4, 0.5) is 5.69 Å². The molecule has 0 spiro atoms. The molecule has 6 heteroatoms. The molecule has 0 bridgehead atoms. The number of anilines is 1. The number of nitrogens with one attached hydrogen (secondary N) is 1. The number of amides is 1. The first-order valence-electron chi connectivity index (χ1n) is 8.15. The van der Waals surface area contributed by atoms with E-state index >= 15 is 0 Å². The van der Waals surface area contributed by atoms with Crippen LogP contribution in [0.15, 0.2) is 47.3 Å². The first kappa shape index (κ1) is 17.2. The van der Waals surface area contributed by atoms with E-state index in [2.05, 4.69) is 5.32 Å². The number of carbonyl (C=O) groups excluding carboxylic acids is 1. The number of carbonyl (C=O) groups is 1. The number of fused-ring (bicyclic) bond motifs is 1. The van der Waals surface area contributed by atoms with E-state index in [0.717, 1.165) is 15.8 Å². The van der Waals surface area contributed by atoms with Gasteiger partial charge in [-0.2, -0.15) is 0 Å². The minimum Gasteiger partial charge on any atom is -0.481 e. The van der Waals surface area contributed by atoms with Gasteiger partial charge in [-0.1, -0.05) is 29.0 Å². The third-order valence-electron chi connectivity index (χ3n) is 3.96. The Hall–Kier alpha value is -2.60. The molecule has 0 saturated carbocycles. The number of benzene rings is 2. The Morgan fingerprint density at radius 3 is 2.64 bits per heavy atom. The van der Waals surface area contributed by atoms with Crippen LogP contribution in [-0.4, -0.2) is 16.6 Å². The van der Waals surface area contributed by atoms with Gasteiger partial charge < -0.3 is 10.1 Å². The van der Waals surface area contributed by atoms with E-state index in [1.54, 1.807) is 17.6 Å². The van der Waals surface area contributed by atoms with Crippen molar-refractivity contribution in [3.63, 3.8) is 0 Å². The van der Waals surface area contributed by atoms with Gasteiger partial charge in [0.25, 0.3) is 5.91 Å². The number of nitrogens with zero attached hydrogens (tertiary/aromatic N) is 1. The molecule has 0 fully saturated rings. The van der Waals surface area contributed by atoms with Gasteiger partial charge in [-0.05, 0) is 51.1 Å². The van der Waals surface area contributed by atoms with Crippen LogP contribution in [0.3, 0.4) is 0 Å². The minimum atomic E-state index is -0.627. The van der Waals surface area contributed by atoms with E-state index < -0.39 is 6.10 Å². The number of hydrogen-bond donors (Lipinski definition) is 1. The van der Waals surface area contributed by atoms with Crippen molar-refractivity contribution in [3.05, 3.63) is 57.7 Å². The van der Waals surface area contributed by atoms with Crippen molar-refractivity contribution in [3.8, 4) is 5.75 Å². The number of hydrogen-bond acceptors (Lipinski definition) is 4. The smallest absolute Gasteiger partial charge is 0.308 e. The summed E-state index contributed by atoms with van der Waals surface area (Å²) in [6.07, 6.45) is -0.627. The third-order valence-corrected chi connectivity index (χ3v) is 4.90. The van der Waals surface area contributed by atoms with Gasteiger partial charge in [0.15, 0.2) is 6.10 Å². The van der Waals surface area contributed by atoms with Crippen molar-refractivity contribution in [2.24, 2.45) is 0 Å². The largest absolute Gasteiger partial charge is 0.481 e. The molecule has 2 aromatic carbocycles. The zero-order chi connectivity index (χ0) is 18.0. The Morgan fingerprint density at radius 1 is 1.24 bits per heavy atom. The number of ether oxygens (including phenoxy) is 1. The number of aromatic nitrogens is 1. The first-order valence-corrected chi connectivity index (χ1v) is 8.97. The molecule has 1 N–H and O–H groups in total. The van der Waals surface area contributed by atoms with E-state index in [1.807, 2.05) is 50.2 Å². The summed E-state index contributed by atoms with van der Waals surface area (Å²) in [7, 11) is 0. The number of thiazole rings is 1. The third kappa shape index (κ3) is 3.74. The molecule has 0 aliphatic carbocycles. The van der Waals surface area contributed by atoms with E-state index in [0.29, 0.717) is 18.0 Å². The van der Waals surface area contributed by atoms with Crippen LogP contribution in [0.2, 0.25) is 0 Å². The van der Waals surface area contributed by atoms with Gasteiger partial charge in [-0.15, -0.1) is 0 Å². The van der Waals surface area contributed by atoms with Crippen LogP contribution < -0.4 is 14.9 Å².